The molecule has 2 rings (SSSR count). The summed E-state index contributed by atoms with van der Waals surface area (Å²) in [5.74, 6) is -0.172. The quantitative estimate of drug-likeness (QED) is 0.454. The van der Waals surface area contributed by atoms with Crippen molar-refractivity contribution >= 4 is 5.97 Å². The number of hydrogen-bond acceptors (Lipinski definition) is 3. The second-order valence-corrected chi connectivity index (χ2v) is 3.12. The fourth-order valence-corrected chi connectivity index (χ4v) is 1.75. The molecule has 2 heterocycles. The molecule has 0 aromatic heterocycles. The monoisotopic (exact) mass is 168 g/mol. The minimum Gasteiger partial charge on any atom is -0.466 e. The minimum absolute atomic E-state index is 0.0194. The standard InChI is InChI=1S/C9H12O3/c1-2-11-9(10)7-5-6-3-4-8(7)12-6/h3-4,6-8H,2,5H2,1H3/t6-,7-,8+/m1/s1. The van der Waals surface area contributed by atoms with Crippen LogP contribution in [0.5, 0.6) is 0 Å². The van der Waals surface area contributed by atoms with Crippen LogP contribution in [0.4, 0.5) is 0 Å². The third-order valence-corrected chi connectivity index (χ3v) is 2.32. The Labute approximate surface area is 71.3 Å². The average Bonchev–Trinajstić information content (AvgIpc) is 2.64. The van der Waals surface area contributed by atoms with Gasteiger partial charge in [-0.05, 0) is 13.3 Å². The zero-order valence-electron chi connectivity index (χ0n) is 7.03. The molecule has 2 aliphatic heterocycles. The summed E-state index contributed by atoms with van der Waals surface area (Å²) < 4.78 is 10.4. The molecule has 12 heavy (non-hydrogen) atoms. The van der Waals surface area contributed by atoms with Gasteiger partial charge in [-0.2, -0.15) is 0 Å². The highest BCUT2D eigenvalue weighted by molar-refractivity contribution is 5.74. The summed E-state index contributed by atoms with van der Waals surface area (Å²) in [4.78, 5) is 11.3. The third-order valence-electron chi connectivity index (χ3n) is 2.32. The molecule has 2 aliphatic rings. The largest absolute Gasteiger partial charge is 0.466 e. The van der Waals surface area contributed by atoms with Crippen molar-refractivity contribution in [1.29, 1.82) is 0 Å². The first-order chi connectivity index (χ1) is 5.81. The molecule has 0 N–H and O–H groups in total. The van der Waals surface area contributed by atoms with E-state index in [1.807, 2.05) is 19.1 Å². The maximum absolute atomic E-state index is 11.3. The predicted molar refractivity (Wildman–Crippen MR) is 42.5 cm³/mol. The fraction of sp³-hybridized carbons (Fsp3) is 0.667. The van der Waals surface area contributed by atoms with Gasteiger partial charge in [-0.1, -0.05) is 12.2 Å². The third kappa shape index (κ3) is 1.14. The van der Waals surface area contributed by atoms with Gasteiger partial charge >= 0.3 is 5.97 Å². The van der Waals surface area contributed by atoms with Gasteiger partial charge in [0.2, 0.25) is 0 Å². The van der Waals surface area contributed by atoms with Gasteiger partial charge in [0.05, 0.1) is 24.7 Å². The lowest BCUT2D eigenvalue weighted by molar-refractivity contribution is -0.148. The van der Waals surface area contributed by atoms with E-state index in [1.165, 1.54) is 0 Å². The molecule has 3 atom stereocenters. The molecule has 3 nitrogen and oxygen atoms in total. The molecule has 0 aromatic carbocycles. The van der Waals surface area contributed by atoms with Crippen molar-refractivity contribution in [1.82, 2.24) is 0 Å². The number of rotatable bonds is 2. The first-order valence-electron chi connectivity index (χ1n) is 4.31. The van der Waals surface area contributed by atoms with Crippen LogP contribution < -0.4 is 0 Å². The Morgan fingerprint density at radius 3 is 3.00 bits per heavy atom. The number of esters is 1. The van der Waals surface area contributed by atoms with E-state index < -0.39 is 0 Å². The summed E-state index contributed by atoms with van der Waals surface area (Å²) in [6, 6.07) is 0. The molecule has 66 valence electrons. The SMILES string of the molecule is CCOC(=O)[C@@H]1C[C@H]2C=C[C@@H]1O2. The lowest BCUT2D eigenvalue weighted by Gasteiger charge is -2.12. The summed E-state index contributed by atoms with van der Waals surface area (Å²) in [5, 5.41) is 0. The van der Waals surface area contributed by atoms with E-state index in [2.05, 4.69) is 0 Å². The van der Waals surface area contributed by atoms with Crippen molar-refractivity contribution in [3.8, 4) is 0 Å². The molecule has 2 bridgehead atoms. The normalized spacial score (nSPS) is 37.2. The molecule has 0 amide bonds. The Morgan fingerprint density at radius 2 is 2.50 bits per heavy atom. The van der Waals surface area contributed by atoms with E-state index in [0.29, 0.717) is 6.61 Å². The smallest absolute Gasteiger partial charge is 0.312 e. The van der Waals surface area contributed by atoms with Crippen molar-refractivity contribution in [3.05, 3.63) is 12.2 Å². The lowest BCUT2D eigenvalue weighted by atomic mass is 9.95. The first kappa shape index (κ1) is 7.80. The van der Waals surface area contributed by atoms with Crippen LogP contribution in [-0.2, 0) is 14.3 Å². The Hall–Kier alpha value is -0.830. The zero-order valence-corrected chi connectivity index (χ0v) is 7.03. The van der Waals surface area contributed by atoms with Gasteiger partial charge in [-0.15, -0.1) is 0 Å². The number of carbonyl (C=O) groups is 1. The molecule has 0 aliphatic carbocycles. The van der Waals surface area contributed by atoms with Crippen LogP contribution in [0.3, 0.4) is 0 Å². The molecule has 0 saturated carbocycles. The highest BCUT2D eigenvalue weighted by atomic mass is 16.5. The molecule has 1 fully saturated rings. The van der Waals surface area contributed by atoms with E-state index in [4.69, 9.17) is 9.47 Å². The van der Waals surface area contributed by atoms with Gasteiger partial charge < -0.3 is 9.47 Å². The van der Waals surface area contributed by atoms with Crippen molar-refractivity contribution in [2.75, 3.05) is 6.61 Å². The Balaban J connectivity index is 1.98. The second kappa shape index (κ2) is 2.90. The maximum atomic E-state index is 11.3. The minimum atomic E-state index is -0.116. The van der Waals surface area contributed by atoms with Crippen LogP contribution >= 0.6 is 0 Å². The Bertz CT molecular complexity index is 222. The Morgan fingerprint density at radius 1 is 1.67 bits per heavy atom. The highest BCUT2D eigenvalue weighted by Crippen LogP contribution is 2.34. The maximum Gasteiger partial charge on any atom is 0.312 e. The van der Waals surface area contributed by atoms with Crippen LogP contribution in [0.2, 0.25) is 0 Å². The van der Waals surface area contributed by atoms with E-state index >= 15 is 0 Å². The van der Waals surface area contributed by atoms with Gasteiger partial charge in [0.25, 0.3) is 0 Å². The molecular weight excluding hydrogens is 156 g/mol. The molecule has 0 radical (unpaired) electrons. The number of fused-ring (bicyclic) bond motifs is 2. The van der Waals surface area contributed by atoms with Crippen LogP contribution in [0.25, 0.3) is 0 Å². The van der Waals surface area contributed by atoms with Gasteiger partial charge in [-0.25, -0.2) is 0 Å². The highest BCUT2D eigenvalue weighted by Gasteiger charge is 2.41. The molecule has 0 unspecified atom stereocenters. The van der Waals surface area contributed by atoms with Crippen LogP contribution in [0.15, 0.2) is 12.2 Å². The number of ether oxygens (including phenoxy) is 2. The molecule has 1 saturated heterocycles. The summed E-state index contributed by atoms with van der Waals surface area (Å²) in [6.07, 6.45) is 4.90. The Kier molecular flexibility index (Phi) is 1.89. The predicted octanol–water partition coefficient (Wildman–Crippen LogP) is 0.893. The van der Waals surface area contributed by atoms with Crippen LogP contribution in [0, 0.1) is 5.92 Å². The zero-order chi connectivity index (χ0) is 8.55. The van der Waals surface area contributed by atoms with Gasteiger partial charge in [0.15, 0.2) is 0 Å². The van der Waals surface area contributed by atoms with Crippen molar-refractivity contribution in [2.45, 2.75) is 25.6 Å². The van der Waals surface area contributed by atoms with Crippen molar-refractivity contribution < 1.29 is 14.3 Å². The lowest BCUT2D eigenvalue weighted by Crippen LogP contribution is -2.25. The summed E-state index contributed by atoms with van der Waals surface area (Å²) in [7, 11) is 0. The molecule has 0 spiro atoms. The molecule has 3 heteroatoms. The summed E-state index contributed by atoms with van der Waals surface area (Å²) in [6.45, 7) is 2.28. The summed E-state index contributed by atoms with van der Waals surface area (Å²) >= 11 is 0. The van der Waals surface area contributed by atoms with E-state index in [9.17, 15) is 4.79 Å². The van der Waals surface area contributed by atoms with Crippen molar-refractivity contribution in [2.24, 2.45) is 5.92 Å². The van der Waals surface area contributed by atoms with E-state index in [1.54, 1.807) is 0 Å². The number of hydrogen-bond donors (Lipinski definition) is 0. The van der Waals surface area contributed by atoms with Crippen LogP contribution in [0.1, 0.15) is 13.3 Å². The molecule has 0 aromatic rings. The van der Waals surface area contributed by atoms with Gasteiger partial charge in [0, 0.05) is 0 Å². The molecular formula is C9H12O3. The summed E-state index contributed by atoms with van der Waals surface area (Å²) in [5.41, 5.74) is 0. The first-order valence-corrected chi connectivity index (χ1v) is 4.31. The van der Waals surface area contributed by atoms with Gasteiger partial charge in [-0.3, -0.25) is 4.79 Å². The topological polar surface area (TPSA) is 35.5 Å². The fourth-order valence-electron chi connectivity index (χ4n) is 1.75. The van der Waals surface area contributed by atoms with Crippen molar-refractivity contribution in [3.63, 3.8) is 0 Å². The van der Waals surface area contributed by atoms with E-state index in [-0.39, 0.29) is 24.1 Å². The second-order valence-electron chi connectivity index (χ2n) is 3.12. The average molecular weight is 168 g/mol. The van der Waals surface area contributed by atoms with E-state index in [0.717, 1.165) is 6.42 Å². The van der Waals surface area contributed by atoms with Gasteiger partial charge in [0.1, 0.15) is 0 Å². The van der Waals surface area contributed by atoms with Crippen LogP contribution in [-0.4, -0.2) is 24.8 Å². The number of carbonyl (C=O) groups excluding carboxylic acids is 1.